The molecule has 0 spiro atoms. The first-order valence-electron chi connectivity index (χ1n) is 7.19. The maximum Gasteiger partial charge on any atom is 0.128 e. The minimum absolute atomic E-state index is 0.0145. The summed E-state index contributed by atoms with van der Waals surface area (Å²) in [6.45, 7) is 7.12. The molecule has 3 unspecified atom stereocenters. The van der Waals surface area contributed by atoms with Gasteiger partial charge in [-0.1, -0.05) is 20.8 Å². The molecular formula is C16H23NO2. The average Bonchev–Trinajstić information content (AvgIpc) is 2.72. The molecule has 3 nitrogen and oxygen atoms in total. The van der Waals surface area contributed by atoms with Crippen molar-refractivity contribution in [2.24, 2.45) is 16.7 Å². The highest BCUT2D eigenvalue weighted by Crippen LogP contribution is 2.66. The largest absolute Gasteiger partial charge is 0.489 e. The van der Waals surface area contributed by atoms with Crippen LogP contribution in [-0.4, -0.2) is 16.2 Å². The van der Waals surface area contributed by atoms with Crippen LogP contribution in [0.5, 0.6) is 5.75 Å². The van der Waals surface area contributed by atoms with E-state index in [4.69, 9.17) is 4.74 Å². The maximum absolute atomic E-state index is 9.37. The topological polar surface area (TPSA) is 42.4 Å². The van der Waals surface area contributed by atoms with Crippen molar-refractivity contribution in [3.63, 3.8) is 0 Å². The van der Waals surface area contributed by atoms with Crippen molar-refractivity contribution >= 4 is 0 Å². The van der Waals surface area contributed by atoms with Crippen molar-refractivity contribution in [1.29, 1.82) is 0 Å². The van der Waals surface area contributed by atoms with Gasteiger partial charge in [-0.2, -0.15) is 0 Å². The number of aromatic nitrogens is 1. The second kappa shape index (κ2) is 4.20. The first kappa shape index (κ1) is 12.9. The van der Waals surface area contributed by atoms with E-state index < -0.39 is 0 Å². The number of pyridine rings is 1. The SMILES string of the molecule is CC1(C)C2CCC1(C)C(Oc1ccncc1CO)C2. The fourth-order valence-corrected chi connectivity index (χ4v) is 4.11. The minimum Gasteiger partial charge on any atom is -0.489 e. The summed E-state index contributed by atoms with van der Waals surface area (Å²) in [4.78, 5) is 4.04. The van der Waals surface area contributed by atoms with E-state index in [0.29, 0.717) is 5.41 Å². The Kier molecular flexibility index (Phi) is 2.86. The Bertz CT molecular complexity index is 485. The second-order valence-corrected chi connectivity index (χ2v) is 6.86. The molecular weight excluding hydrogens is 238 g/mol. The highest BCUT2D eigenvalue weighted by Gasteiger charge is 2.62. The smallest absolute Gasteiger partial charge is 0.128 e. The molecule has 3 atom stereocenters. The third-order valence-electron chi connectivity index (χ3n) is 6.01. The molecule has 0 radical (unpaired) electrons. The molecule has 2 bridgehead atoms. The van der Waals surface area contributed by atoms with Crippen LogP contribution < -0.4 is 4.74 Å². The molecule has 104 valence electrons. The van der Waals surface area contributed by atoms with E-state index in [1.807, 2.05) is 6.07 Å². The summed E-state index contributed by atoms with van der Waals surface area (Å²) < 4.78 is 6.27. The van der Waals surface area contributed by atoms with Crippen LogP contribution in [0.4, 0.5) is 0 Å². The molecule has 0 aliphatic heterocycles. The van der Waals surface area contributed by atoms with Crippen LogP contribution in [0.3, 0.4) is 0 Å². The van der Waals surface area contributed by atoms with Gasteiger partial charge in [0.05, 0.1) is 6.61 Å². The lowest BCUT2D eigenvalue weighted by atomic mass is 9.70. The molecule has 19 heavy (non-hydrogen) atoms. The molecule has 3 heteroatoms. The zero-order chi connectivity index (χ0) is 13.7. The normalized spacial score (nSPS) is 35.6. The Morgan fingerprint density at radius 2 is 2.21 bits per heavy atom. The first-order chi connectivity index (χ1) is 8.99. The van der Waals surface area contributed by atoms with E-state index in [1.165, 1.54) is 12.8 Å². The Morgan fingerprint density at radius 3 is 2.79 bits per heavy atom. The zero-order valence-electron chi connectivity index (χ0n) is 12.0. The molecule has 2 aliphatic carbocycles. The van der Waals surface area contributed by atoms with E-state index in [9.17, 15) is 5.11 Å². The summed E-state index contributed by atoms with van der Waals surface area (Å²) in [7, 11) is 0. The predicted octanol–water partition coefficient (Wildman–Crippen LogP) is 3.17. The lowest BCUT2D eigenvalue weighted by Gasteiger charge is -2.39. The number of hydrogen-bond acceptors (Lipinski definition) is 3. The number of ether oxygens (including phenoxy) is 1. The molecule has 2 fully saturated rings. The fourth-order valence-electron chi connectivity index (χ4n) is 4.11. The van der Waals surface area contributed by atoms with Gasteiger partial charge in [0.2, 0.25) is 0 Å². The Hall–Kier alpha value is -1.09. The number of nitrogens with zero attached hydrogens (tertiary/aromatic N) is 1. The highest BCUT2D eigenvalue weighted by atomic mass is 16.5. The third-order valence-corrected chi connectivity index (χ3v) is 6.01. The van der Waals surface area contributed by atoms with Crippen LogP contribution in [0.1, 0.15) is 45.6 Å². The van der Waals surface area contributed by atoms with Crippen LogP contribution in [0.2, 0.25) is 0 Å². The van der Waals surface area contributed by atoms with E-state index >= 15 is 0 Å². The highest BCUT2D eigenvalue weighted by molar-refractivity contribution is 5.30. The van der Waals surface area contributed by atoms with Gasteiger partial charge in [-0.15, -0.1) is 0 Å². The molecule has 0 saturated heterocycles. The molecule has 0 aromatic carbocycles. The summed E-state index contributed by atoms with van der Waals surface area (Å²) in [5.41, 5.74) is 1.38. The van der Waals surface area contributed by atoms with Crippen molar-refractivity contribution in [2.45, 2.75) is 52.7 Å². The summed E-state index contributed by atoms with van der Waals surface area (Å²) in [5.74, 6) is 1.56. The number of aliphatic hydroxyl groups is 1. The van der Waals surface area contributed by atoms with Gasteiger partial charge in [0.15, 0.2) is 0 Å². The number of fused-ring (bicyclic) bond motifs is 2. The van der Waals surface area contributed by atoms with E-state index in [1.54, 1.807) is 12.4 Å². The van der Waals surface area contributed by atoms with Crippen molar-refractivity contribution < 1.29 is 9.84 Å². The Labute approximate surface area is 115 Å². The number of aliphatic hydroxyl groups excluding tert-OH is 1. The lowest BCUT2D eigenvalue weighted by Crippen LogP contribution is -2.39. The van der Waals surface area contributed by atoms with Crippen molar-refractivity contribution in [2.75, 3.05) is 0 Å². The number of hydrogen-bond donors (Lipinski definition) is 1. The van der Waals surface area contributed by atoms with Gasteiger partial charge in [-0.25, -0.2) is 0 Å². The van der Waals surface area contributed by atoms with Gasteiger partial charge < -0.3 is 9.84 Å². The predicted molar refractivity (Wildman–Crippen MR) is 73.8 cm³/mol. The number of rotatable bonds is 3. The molecule has 1 N–H and O–H groups in total. The van der Waals surface area contributed by atoms with Gasteiger partial charge >= 0.3 is 0 Å². The van der Waals surface area contributed by atoms with Gasteiger partial charge in [0.1, 0.15) is 11.9 Å². The Morgan fingerprint density at radius 1 is 1.42 bits per heavy atom. The fraction of sp³-hybridized carbons (Fsp3) is 0.688. The lowest BCUT2D eigenvalue weighted by molar-refractivity contribution is 0.0288. The van der Waals surface area contributed by atoms with E-state index in [0.717, 1.165) is 23.7 Å². The summed E-state index contributed by atoms with van der Waals surface area (Å²) >= 11 is 0. The molecule has 1 aromatic heterocycles. The van der Waals surface area contributed by atoms with Crippen LogP contribution >= 0.6 is 0 Å². The molecule has 2 aliphatic rings. The second-order valence-electron chi connectivity index (χ2n) is 6.86. The monoisotopic (exact) mass is 261 g/mol. The molecule has 0 amide bonds. The zero-order valence-corrected chi connectivity index (χ0v) is 12.0. The van der Waals surface area contributed by atoms with Crippen LogP contribution in [0, 0.1) is 16.7 Å². The minimum atomic E-state index is -0.0145. The average molecular weight is 261 g/mol. The molecule has 1 aromatic rings. The standard InChI is InChI=1S/C16H23NO2/c1-15(2)12-4-6-16(15,3)14(8-12)19-13-5-7-17-9-11(13)10-18/h5,7,9,12,14,18H,4,6,8,10H2,1-3H3. The van der Waals surface area contributed by atoms with Crippen molar-refractivity contribution in [3.8, 4) is 5.75 Å². The molecule has 3 rings (SSSR count). The molecule has 2 saturated carbocycles. The maximum atomic E-state index is 9.37. The Balaban J connectivity index is 1.86. The van der Waals surface area contributed by atoms with E-state index in [2.05, 4.69) is 25.8 Å². The van der Waals surface area contributed by atoms with Crippen LogP contribution in [0.25, 0.3) is 0 Å². The van der Waals surface area contributed by atoms with Crippen molar-refractivity contribution in [3.05, 3.63) is 24.0 Å². The van der Waals surface area contributed by atoms with Gasteiger partial charge in [-0.05, 0) is 36.7 Å². The first-order valence-corrected chi connectivity index (χ1v) is 7.19. The van der Waals surface area contributed by atoms with Crippen LogP contribution in [0.15, 0.2) is 18.5 Å². The van der Waals surface area contributed by atoms with Gasteiger partial charge in [0.25, 0.3) is 0 Å². The van der Waals surface area contributed by atoms with Gasteiger partial charge in [0, 0.05) is 23.4 Å². The van der Waals surface area contributed by atoms with Crippen molar-refractivity contribution in [1.82, 2.24) is 4.98 Å². The van der Waals surface area contributed by atoms with Gasteiger partial charge in [-0.3, -0.25) is 4.98 Å². The quantitative estimate of drug-likeness (QED) is 0.908. The summed E-state index contributed by atoms with van der Waals surface area (Å²) in [5, 5.41) is 9.37. The molecule has 1 heterocycles. The van der Waals surface area contributed by atoms with E-state index in [-0.39, 0.29) is 18.1 Å². The van der Waals surface area contributed by atoms with Crippen LogP contribution in [-0.2, 0) is 6.61 Å². The summed E-state index contributed by atoms with van der Waals surface area (Å²) in [6.07, 6.45) is 7.39. The third kappa shape index (κ3) is 1.71. The summed E-state index contributed by atoms with van der Waals surface area (Å²) in [6, 6.07) is 1.87.